The minimum absolute atomic E-state index is 0.0721. The van der Waals surface area contributed by atoms with E-state index >= 15 is 0 Å². The number of methoxy groups -OCH3 is 1. The number of ether oxygens (including phenoxy) is 1. The molecule has 0 spiro atoms. The Labute approximate surface area is 143 Å². The largest absolute Gasteiger partial charge is 0.497 e. The van der Waals surface area contributed by atoms with Crippen LogP contribution in [0, 0.1) is 5.92 Å². The second kappa shape index (κ2) is 6.33. The first-order valence-electron chi connectivity index (χ1n) is 8.14. The number of nitrogens with zero attached hydrogens (tertiary/aromatic N) is 2. The molecule has 1 heterocycles. The highest BCUT2D eigenvalue weighted by Crippen LogP contribution is 2.45. The third-order valence-electron chi connectivity index (χ3n) is 4.82. The van der Waals surface area contributed by atoms with Crippen LogP contribution in [0.3, 0.4) is 0 Å². The van der Waals surface area contributed by atoms with Gasteiger partial charge < -0.3 is 9.84 Å². The highest BCUT2D eigenvalue weighted by atomic mass is 19.4. The molecule has 1 saturated carbocycles. The van der Waals surface area contributed by atoms with Crippen LogP contribution in [-0.2, 0) is 0 Å². The summed E-state index contributed by atoms with van der Waals surface area (Å²) in [7, 11) is 1.47. The molecule has 0 saturated heterocycles. The maximum atomic E-state index is 13.4. The molecule has 25 heavy (non-hydrogen) atoms. The van der Waals surface area contributed by atoms with Gasteiger partial charge in [-0.15, -0.1) is 0 Å². The van der Waals surface area contributed by atoms with E-state index in [9.17, 15) is 23.1 Å². The highest BCUT2D eigenvalue weighted by Gasteiger charge is 2.59. The topological polar surface area (TPSA) is 62.1 Å². The second-order valence-electron chi connectivity index (χ2n) is 6.36. The standard InChI is InChI=1S/C17H19F3N2O3/c1-25-12-8-6-11(7-9-12)15(23)22-16(24)10-4-2-3-5-13(16)14(21-22)17(18,19)20/h6-9,13,24H,2-5,10H2,1H3. The number of carbonyl (C=O) groups excluding carboxylic acids is 1. The third kappa shape index (κ3) is 3.10. The van der Waals surface area contributed by atoms with Gasteiger partial charge in [0.05, 0.1) is 13.0 Å². The number of carbonyl (C=O) groups is 1. The lowest BCUT2D eigenvalue weighted by molar-refractivity contribution is -0.108. The van der Waals surface area contributed by atoms with E-state index < -0.39 is 29.4 Å². The molecule has 1 aliphatic heterocycles. The first-order chi connectivity index (χ1) is 11.8. The molecule has 2 atom stereocenters. The molecule has 0 aromatic heterocycles. The average Bonchev–Trinajstić information content (AvgIpc) is 2.73. The van der Waals surface area contributed by atoms with E-state index in [4.69, 9.17) is 4.74 Å². The van der Waals surface area contributed by atoms with Gasteiger partial charge in [-0.2, -0.15) is 23.3 Å². The number of alkyl halides is 3. The predicted molar refractivity (Wildman–Crippen MR) is 84.2 cm³/mol. The number of rotatable bonds is 2. The Hall–Kier alpha value is -2.09. The number of hydrogen-bond acceptors (Lipinski definition) is 4. The van der Waals surface area contributed by atoms with Crippen molar-refractivity contribution in [3.05, 3.63) is 29.8 Å². The summed E-state index contributed by atoms with van der Waals surface area (Å²) in [4.78, 5) is 12.7. The number of benzene rings is 1. The molecule has 1 N–H and O–H groups in total. The van der Waals surface area contributed by atoms with E-state index in [1.54, 1.807) is 0 Å². The summed E-state index contributed by atoms with van der Waals surface area (Å²) >= 11 is 0. The van der Waals surface area contributed by atoms with Crippen LogP contribution in [0.15, 0.2) is 29.4 Å². The lowest BCUT2D eigenvalue weighted by atomic mass is 9.87. The van der Waals surface area contributed by atoms with Crippen molar-refractivity contribution in [2.45, 2.75) is 44.0 Å². The van der Waals surface area contributed by atoms with Gasteiger partial charge in [-0.05, 0) is 43.5 Å². The Bertz CT molecular complexity index is 687. The minimum Gasteiger partial charge on any atom is -0.497 e. The summed E-state index contributed by atoms with van der Waals surface area (Å²) in [6.07, 6.45) is -2.64. The Kier molecular flexibility index (Phi) is 4.49. The van der Waals surface area contributed by atoms with Crippen LogP contribution >= 0.6 is 0 Å². The Morgan fingerprint density at radius 2 is 1.96 bits per heavy atom. The maximum absolute atomic E-state index is 13.4. The zero-order chi connectivity index (χ0) is 18.2. The summed E-state index contributed by atoms with van der Waals surface area (Å²) in [6, 6.07) is 5.95. The normalized spacial score (nSPS) is 26.7. The minimum atomic E-state index is -4.68. The first kappa shape index (κ1) is 17.7. The van der Waals surface area contributed by atoms with Gasteiger partial charge in [-0.1, -0.05) is 12.8 Å². The van der Waals surface area contributed by atoms with Gasteiger partial charge in [0.15, 0.2) is 5.72 Å². The van der Waals surface area contributed by atoms with Crippen LogP contribution in [0.2, 0.25) is 0 Å². The van der Waals surface area contributed by atoms with Gasteiger partial charge >= 0.3 is 6.18 Å². The van der Waals surface area contributed by atoms with Crippen LogP contribution in [0.5, 0.6) is 5.75 Å². The van der Waals surface area contributed by atoms with Gasteiger partial charge in [-0.25, -0.2) is 0 Å². The summed E-state index contributed by atoms with van der Waals surface area (Å²) in [5.41, 5.74) is -2.86. The molecule has 8 heteroatoms. The van der Waals surface area contributed by atoms with Crippen molar-refractivity contribution in [1.82, 2.24) is 5.01 Å². The molecule has 2 aliphatic rings. The monoisotopic (exact) mass is 356 g/mol. The zero-order valence-electron chi connectivity index (χ0n) is 13.7. The molecular formula is C17H19F3N2O3. The molecule has 5 nitrogen and oxygen atoms in total. The molecule has 2 unspecified atom stereocenters. The molecule has 1 aliphatic carbocycles. The SMILES string of the molecule is COc1ccc(C(=O)N2N=C(C(F)(F)F)C3CCCCCC32O)cc1. The smallest absolute Gasteiger partial charge is 0.431 e. The van der Waals surface area contributed by atoms with Crippen molar-refractivity contribution in [2.24, 2.45) is 11.0 Å². The Morgan fingerprint density at radius 3 is 2.56 bits per heavy atom. The summed E-state index contributed by atoms with van der Waals surface area (Å²) in [6.45, 7) is 0. The third-order valence-corrected chi connectivity index (χ3v) is 4.82. The Morgan fingerprint density at radius 1 is 1.28 bits per heavy atom. The van der Waals surface area contributed by atoms with E-state index in [1.807, 2.05) is 0 Å². The van der Waals surface area contributed by atoms with E-state index in [2.05, 4.69) is 5.10 Å². The molecule has 1 amide bonds. The molecule has 0 bridgehead atoms. The van der Waals surface area contributed by atoms with Crippen molar-refractivity contribution < 1.29 is 27.8 Å². The highest BCUT2D eigenvalue weighted by molar-refractivity contribution is 6.00. The van der Waals surface area contributed by atoms with Crippen molar-refractivity contribution in [2.75, 3.05) is 7.11 Å². The van der Waals surface area contributed by atoms with Crippen LogP contribution in [0.25, 0.3) is 0 Å². The van der Waals surface area contributed by atoms with E-state index in [-0.39, 0.29) is 18.4 Å². The van der Waals surface area contributed by atoms with E-state index in [1.165, 1.54) is 31.4 Å². The van der Waals surface area contributed by atoms with Gasteiger partial charge in [-0.3, -0.25) is 4.79 Å². The van der Waals surface area contributed by atoms with Crippen molar-refractivity contribution in [3.63, 3.8) is 0 Å². The van der Waals surface area contributed by atoms with Gasteiger partial charge in [0.2, 0.25) is 0 Å². The van der Waals surface area contributed by atoms with Gasteiger partial charge in [0, 0.05) is 5.56 Å². The fourth-order valence-electron chi connectivity index (χ4n) is 3.52. The molecule has 0 radical (unpaired) electrons. The molecular weight excluding hydrogens is 337 g/mol. The lowest BCUT2D eigenvalue weighted by Crippen LogP contribution is -2.51. The van der Waals surface area contributed by atoms with Crippen LogP contribution in [0.1, 0.15) is 42.5 Å². The average molecular weight is 356 g/mol. The Balaban J connectivity index is 1.99. The number of aliphatic hydroxyl groups is 1. The van der Waals surface area contributed by atoms with E-state index in [0.717, 1.165) is 0 Å². The van der Waals surface area contributed by atoms with Crippen molar-refractivity contribution in [1.29, 1.82) is 0 Å². The van der Waals surface area contributed by atoms with Crippen molar-refractivity contribution >= 4 is 11.6 Å². The predicted octanol–water partition coefficient (Wildman–Crippen LogP) is 3.34. The van der Waals surface area contributed by atoms with Crippen molar-refractivity contribution in [3.8, 4) is 5.75 Å². The number of halogens is 3. The number of fused-ring (bicyclic) bond motifs is 1. The van der Waals surface area contributed by atoms with Gasteiger partial charge in [0.25, 0.3) is 5.91 Å². The van der Waals surface area contributed by atoms with Gasteiger partial charge in [0.1, 0.15) is 11.5 Å². The lowest BCUT2D eigenvalue weighted by Gasteiger charge is -2.35. The van der Waals surface area contributed by atoms with Crippen LogP contribution in [0.4, 0.5) is 13.2 Å². The first-order valence-corrected chi connectivity index (χ1v) is 8.14. The number of hydrogen-bond donors (Lipinski definition) is 1. The fraction of sp³-hybridized carbons (Fsp3) is 0.529. The molecule has 136 valence electrons. The quantitative estimate of drug-likeness (QED) is 0.884. The molecule has 1 aromatic carbocycles. The zero-order valence-corrected chi connectivity index (χ0v) is 13.7. The van der Waals surface area contributed by atoms with Crippen LogP contribution < -0.4 is 4.74 Å². The number of hydrazone groups is 1. The summed E-state index contributed by atoms with van der Waals surface area (Å²) in [5, 5.41) is 15.1. The maximum Gasteiger partial charge on any atom is 0.431 e. The second-order valence-corrected chi connectivity index (χ2v) is 6.36. The van der Waals surface area contributed by atoms with Crippen LogP contribution in [-0.4, -0.2) is 40.7 Å². The molecule has 1 aromatic rings. The molecule has 3 rings (SSSR count). The van der Waals surface area contributed by atoms with E-state index in [0.29, 0.717) is 30.0 Å². The fourth-order valence-corrected chi connectivity index (χ4v) is 3.52. The molecule has 1 fully saturated rings. The summed E-state index contributed by atoms with van der Waals surface area (Å²) < 4.78 is 45.1. The number of amides is 1. The summed E-state index contributed by atoms with van der Waals surface area (Å²) in [5.74, 6) is -1.45.